The number of nitrogens with zero attached hydrogens (tertiary/aromatic N) is 5. The Morgan fingerprint density at radius 1 is 1.03 bits per heavy atom. The molecule has 0 saturated heterocycles. The lowest BCUT2D eigenvalue weighted by molar-refractivity contribution is 0.102. The van der Waals surface area contributed by atoms with Crippen LogP contribution in [-0.4, -0.2) is 30.6 Å². The maximum atomic E-state index is 14.5. The van der Waals surface area contributed by atoms with Gasteiger partial charge >= 0.3 is 0 Å². The number of amides is 1. The lowest BCUT2D eigenvalue weighted by Gasteiger charge is -2.10. The summed E-state index contributed by atoms with van der Waals surface area (Å²) < 4.78 is 16.5. The number of carbonyl (C=O) groups is 1. The standard InChI is InChI=1S/C25H21FN6O/c26-20-10-6-16(17-7-11-21(27-13-17)15-4-5-15)12-19(20)25(33)30-23-3-1-2-22(29-23)24-31-28-14-32(24)18-8-9-18/h1-3,6-7,10-15,18H,4-5,8-9H2,(H,29,30,33). The molecule has 4 aromatic rings. The van der Waals surface area contributed by atoms with Crippen molar-refractivity contribution in [1.82, 2.24) is 24.7 Å². The van der Waals surface area contributed by atoms with E-state index < -0.39 is 11.7 Å². The quantitative estimate of drug-likeness (QED) is 0.456. The van der Waals surface area contributed by atoms with Gasteiger partial charge in [0.25, 0.3) is 5.91 Å². The number of carbonyl (C=O) groups excluding carboxylic acids is 1. The van der Waals surface area contributed by atoms with Crippen molar-refractivity contribution >= 4 is 11.7 Å². The molecule has 8 heteroatoms. The maximum absolute atomic E-state index is 14.5. The zero-order chi connectivity index (χ0) is 22.4. The molecule has 164 valence electrons. The van der Waals surface area contributed by atoms with Crippen molar-refractivity contribution in [2.75, 3.05) is 5.32 Å². The summed E-state index contributed by atoms with van der Waals surface area (Å²) in [5, 5.41) is 10.9. The minimum absolute atomic E-state index is 0.0490. The van der Waals surface area contributed by atoms with Crippen molar-refractivity contribution in [3.8, 4) is 22.6 Å². The van der Waals surface area contributed by atoms with Gasteiger partial charge in [0.15, 0.2) is 5.82 Å². The van der Waals surface area contributed by atoms with Gasteiger partial charge in [0.05, 0.1) is 5.56 Å². The average Bonchev–Trinajstić information content (AvgIpc) is 3.78. The smallest absolute Gasteiger partial charge is 0.259 e. The van der Waals surface area contributed by atoms with Crippen molar-refractivity contribution in [2.45, 2.75) is 37.6 Å². The van der Waals surface area contributed by atoms with Crippen LogP contribution in [0.2, 0.25) is 0 Å². The van der Waals surface area contributed by atoms with Crippen LogP contribution in [0.3, 0.4) is 0 Å². The first-order valence-electron chi connectivity index (χ1n) is 11.1. The summed E-state index contributed by atoms with van der Waals surface area (Å²) in [5.74, 6) is 0.385. The van der Waals surface area contributed by atoms with E-state index in [1.807, 2.05) is 22.8 Å². The highest BCUT2D eigenvalue weighted by atomic mass is 19.1. The van der Waals surface area contributed by atoms with Crippen molar-refractivity contribution < 1.29 is 9.18 Å². The van der Waals surface area contributed by atoms with Crippen LogP contribution >= 0.6 is 0 Å². The van der Waals surface area contributed by atoms with Gasteiger partial charge in [-0.25, -0.2) is 9.37 Å². The highest BCUT2D eigenvalue weighted by Crippen LogP contribution is 2.39. The van der Waals surface area contributed by atoms with Gasteiger partial charge in [0.1, 0.15) is 23.7 Å². The van der Waals surface area contributed by atoms with Crippen molar-refractivity contribution in [1.29, 1.82) is 0 Å². The van der Waals surface area contributed by atoms with Crippen LogP contribution < -0.4 is 5.32 Å². The summed E-state index contributed by atoms with van der Waals surface area (Å²) in [4.78, 5) is 21.9. The van der Waals surface area contributed by atoms with Gasteiger partial charge in [-0.1, -0.05) is 18.2 Å². The summed E-state index contributed by atoms with van der Waals surface area (Å²) in [7, 11) is 0. The van der Waals surface area contributed by atoms with E-state index in [9.17, 15) is 9.18 Å². The first-order chi connectivity index (χ1) is 16.2. The number of nitrogens with one attached hydrogen (secondary N) is 1. The van der Waals surface area contributed by atoms with Gasteiger partial charge in [0, 0.05) is 29.4 Å². The van der Waals surface area contributed by atoms with E-state index in [0.29, 0.717) is 29.3 Å². The summed E-state index contributed by atoms with van der Waals surface area (Å²) in [6, 6.07) is 14.2. The first-order valence-corrected chi connectivity index (χ1v) is 11.1. The maximum Gasteiger partial charge on any atom is 0.259 e. The molecule has 3 aromatic heterocycles. The van der Waals surface area contributed by atoms with E-state index in [-0.39, 0.29) is 5.56 Å². The molecule has 2 aliphatic rings. The van der Waals surface area contributed by atoms with E-state index in [4.69, 9.17) is 0 Å². The fraction of sp³-hybridized carbons (Fsp3) is 0.240. The van der Waals surface area contributed by atoms with Crippen molar-refractivity contribution in [2.24, 2.45) is 0 Å². The number of aromatic nitrogens is 5. The predicted octanol–water partition coefficient (Wildman–Crippen LogP) is 5.01. The second-order valence-electron chi connectivity index (χ2n) is 8.60. The van der Waals surface area contributed by atoms with Crippen LogP contribution in [0.4, 0.5) is 10.2 Å². The molecule has 0 radical (unpaired) electrons. The van der Waals surface area contributed by atoms with Crippen LogP contribution in [0.15, 0.2) is 61.1 Å². The number of benzene rings is 1. The number of pyridine rings is 2. The normalized spacial score (nSPS) is 15.4. The SMILES string of the molecule is O=C(Nc1cccc(-c2nncn2C2CC2)n1)c1cc(-c2ccc(C3CC3)nc2)ccc1F. The fourth-order valence-corrected chi connectivity index (χ4v) is 3.93. The van der Waals surface area contributed by atoms with E-state index >= 15 is 0 Å². The molecule has 0 aliphatic heterocycles. The highest BCUT2D eigenvalue weighted by molar-refractivity contribution is 6.04. The Labute approximate surface area is 189 Å². The Kier molecular flexibility index (Phi) is 4.71. The lowest BCUT2D eigenvalue weighted by atomic mass is 10.0. The second-order valence-corrected chi connectivity index (χ2v) is 8.60. The molecule has 0 spiro atoms. The van der Waals surface area contributed by atoms with Gasteiger partial charge in [-0.2, -0.15) is 0 Å². The van der Waals surface area contributed by atoms with Crippen LogP contribution in [0, 0.1) is 5.82 Å². The molecule has 0 bridgehead atoms. The number of rotatable bonds is 6. The van der Waals surface area contributed by atoms with Crippen molar-refractivity contribution in [3.63, 3.8) is 0 Å². The van der Waals surface area contributed by atoms with Gasteiger partial charge in [-0.3, -0.25) is 9.78 Å². The van der Waals surface area contributed by atoms with Gasteiger partial charge < -0.3 is 9.88 Å². The van der Waals surface area contributed by atoms with E-state index in [2.05, 4.69) is 25.5 Å². The number of hydrogen-bond donors (Lipinski definition) is 1. The lowest BCUT2D eigenvalue weighted by Crippen LogP contribution is -2.15. The molecule has 1 N–H and O–H groups in total. The minimum Gasteiger partial charge on any atom is -0.309 e. The minimum atomic E-state index is -0.594. The molecular weight excluding hydrogens is 419 g/mol. The van der Waals surface area contributed by atoms with Crippen LogP contribution in [0.25, 0.3) is 22.6 Å². The summed E-state index contributed by atoms with van der Waals surface area (Å²) in [5.41, 5.74) is 3.21. The first kappa shape index (κ1) is 19.7. The Morgan fingerprint density at radius 2 is 1.88 bits per heavy atom. The molecule has 2 aliphatic carbocycles. The summed E-state index contributed by atoms with van der Waals surface area (Å²) in [6.45, 7) is 0. The van der Waals surface area contributed by atoms with Gasteiger partial charge in [-0.15, -0.1) is 10.2 Å². The van der Waals surface area contributed by atoms with Crippen LogP contribution in [-0.2, 0) is 0 Å². The van der Waals surface area contributed by atoms with E-state index in [1.54, 1.807) is 36.8 Å². The Morgan fingerprint density at radius 3 is 2.64 bits per heavy atom. The van der Waals surface area contributed by atoms with Crippen molar-refractivity contribution in [3.05, 3.63) is 78.1 Å². The van der Waals surface area contributed by atoms with E-state index in [0.717, 1.165) is 29.7 Å². The third-order valence-corrected chi connectivity index (χ3v) is 6.06. The number of hydrogen-bond acceptors (Lipinski definition) is 5. The molecule has 1 amide bonds. The zero-order valence-electron chi connectivity index (χ0n) is 17.8. The van der Waals surface area contributed by atoms with Crippen LogP contribution in [0.5, 0.6) is 0 Å². The molecule has 2 saturated carbocycles. The van der Waals surface area contributed by atoms with Gasteiger partial charge in [0.2, 0.25) is 0 Å². The third kappa shape index (κ3) is 4.00. The number of anilines is 1. The highest BCUT2D eigenvalue weighted by Gasteiger charge is 2.27. The fourth-order valence-electron chi connectivity index (χ4n) is 3.93. The summed E-state index contributed by atoms with van der Waals surface area (Å²) >= 11 is 0. The Bertz CT molecular complexity index is 1340. The second kappa shape index (κ2) is 7.88. The summed E-state index contributed by atoms with van der Waals surface area (Å²) in [6.07, 6.45) is 8.03. The topological polar surface area (TPSA) is 85.6 Å². The van der Waals surface area contributed by atoms with Crippen LogP contribution in [0.1, 0.15) is 53.7 Å². The van der Waals surface area contributed by atoms with E-state index in [1.165, 1.54) is 18.9 Å². The predicted molar refractivity (Wildman–Crippen MR) is 121 cm³/mol. The Balaban J connectivity index is 1.24. The zero-order valence-corrected chi connectivity index (χ0v) is 17.8. The molecule has 6 rings (SSSR count). The van der Waals surface area contributed by atoms with Gasteiger partial charge in [-0.05, 0) is 61.6 Å². The monoisotopic (exact) mass is 440 g/mol. The largest absolute Gasteiger partial charge is 0.309 e. The number of halogens is 1. The molecule has 3 heterocycles. The Hall–Kier alpha value is -3.94. The molecule has 1 aromatic carbocycles. The molecule has 33 heavy (non-hydrogen) atoms. The molecule has 2 fully saturated rings. The molecule has 0 atom stereocenters. The molecule has 7 nitrogen and oxygen atoms in total. The molecule has 0 unspecified atom stereocenters. The third-order valence-electron chi connectivity index (χ3n) is 6.06. The average molecular weight is 440 g/mol. The molecular formula is C25H21FN6O.